The molecule has 0 aromatic heterocycles. The van der Waals surface area contributed by atoms with Crippen molar-refractivity contribution in [2.75, 3.05) is 13.1 Å². The quantitative estimate of drug-likeness (QED) is 0.383. The fourth-order valence-corrected chi connectivity index (χ4v) is 4.88. The Morgan fingerprint density at radius 3 is 1.96 bits per heavy atom. The van der Waals surface area contributed by atoms with Crippen LogP contribution in [0.15, 0.2) is 4.99 Å². The molecular weight excluding hydrogens is 371 g/mol. The SMILES string of the molecule is CC1CN(C([Se])=NC2CC(C)(C)N([O])C(C)(C)C2)CC(C)(C)N1[O]. The van der Waals surface area contributed by atoms with Gasteiger partial charge < -0.3 is 0 Å². The van der Waals surface area contributed by atoms with Gasteiger partial charge in [0.1, 0.15) is 0 Å². The van der Waals surface area contributed by atoms with E-state index in [1.54, 1.807) is 0 Å². The molecule has 3 radical (unpaired) electrons. The third-order valence-corrected chi connectivity index (χ3v) is 5.96. The number of nitrogens with zero attached hydrogens (tertiary/aromatic N) is 4. The van der Waals surface area contributed by atoms with Crippen LogP contribution in [0.25, 0.3) is 0 Å². The molecule has 0 spiro atoms. The van der Waals surface area contributed by atoms with Crippen LogP contribution < -0.4 is 0 Å². The Labute approximate surface area is 154 Å². The molecule has 2 aliphatic heterocycles. The van der Waals surface area contributed by atoms with E-state index >= 15 is 0 Å². The first kappa shape index (κ1) is 20.1. The van der Waals surface area contributed by atoms with Crippen molar-refractivity contribution >= 4 is 20.7 Å². The Morgan fingerprint density at radius 2 is 1.50 bits per heavy atom. The van der Waals surface area contributed by atoms with Gasteiger partial charge in [-0.05, 0) is 0 Å². The molecule has 0 aromatic rings. The van der Waals surface area contributed by atoms with Crippen LogP contribution in [0.2, 0.25) is 0 Å². The predicted molar refractivity (Wildman–Crippen MR) is 94.5 cm³/mol. The van der Waals surface area contributed by atoms with Gasteiger partial charge in [-0.15, -0.1) is 0 Å². The number of piperazine rings is 1. The number of piperidine rings is 1. The van der Waals surface area contributed by atoms with Gasteiger partial charge in [0, 0.05) is 0 Å². The molecule has 0 aromatic carbocycles. The van der Waals surface area contributed by atoms with Crippen molar-refractivity contribution in [2.24, 2.45) is 4.99 Å². The van der Waals surface area contributed by atoms with Gasteiger partial charge in [0.25, 0.3) is 0 Å². The van der Waals surface area contributed by atoms with Crippen molar-refractivity contribution in [3.8, 4) is 0 Å². The molecule has 7 heteroatoms. The Morgan fingerprint density at radius 1 is 1.00 bits per heavy atom. The van der Waals surface area contributed by atoms with E-state index < -0.39 is 16.6 Å². The topological polar surface area (TPSA) is 61.9 Å². The molecule has 1 unspecified atom stereocenters. The van der Waals surface area contributed by atoms with Crippen molar-refractivity contribution in [1.29, 1.82) is 0 Å². The minimum absolute atomic E-state index is 0.0660. The van der Waals surface area contributed by atoms with Gasteiger partial charge in [-0.3, -0.25) is 0 Å². The minimum atomic E-state index is -0.431. The molecule has 0 aliphatic carbocycles. The third-order valence-electron chi connectivity index (χ3n) is 5.19. The zero-order chi connectivity index (χ0) is 18.5. The second kappa shape index (κ2) is 6.53. The number of rotatable bonds is 1. The summed E-state index contributed by atoms with van der Waals surface area (Å²) in [6.45, 7) is 15.2. The van der Waals surface area contributed by atoms with Crippen molar-refractivity contribution in [2.45, 2.75) is 90.0 Å². The number of aliphatic imine (C=N–C) groups is 1. The van der Waals surface area contributed by atoms with E-state index in [1.165, 1.54) is 10.1 Å². The van der Waals surface area contributed by atoms with Gasteiger partial charge in [0.2, 0.25) is 0 Å². The fraction of sp³-hybridized carbons (Fsp3) is 0.941. The average Bonchev–Trinajstić information content (AvgIpc) is 2.40. The van der Waals surface area contributed by atoms with Crippen LogP contribution in [0.3, 0.4) is 0 Å². The Kier molecular flexibility index (Phi) is 5.48. The van der Waals surface area contributed by atoms with E-state index in [9.17, 15) is 10.4 Å². The molecule has 2 aliphatic rings. The molecular formula is C17H31N4O2Se. The summed E-state index contributed by atoms with van der Waals surface area (Å²) in [4.78, 5) is 7.08. The molecule has 2 rings (SSSR count). The predicted octanol–water partition coefficient (Wildman–Crippen LogP) is 2.01. The number of hydrogen-bond donors (Lipinski definition) is 0. The zero-order valence-electron chi connectivity index (χ0n) is 16.0. The van der Waals surface area contributed by atoms with E-state index in [2.05, 4.69) is 20.9 Å². The normalized spacial score (nSPS) is 32.1. The molecule has 0 N–H and O–H groups in total. The standard InChI is InChI=1S/C17H31N4O2Se/c1-12-10-19(11-17(6,7)20(12)22)14(24)18-13-8-15(2,3)21(23)16(4,5)9-13/h12-13H,8-11H2,1-7H3. The molecule has 137 valence electrons. The average molecular weight is 402 g/mol. The molecule has 2 heterocycles. The third kappa shape index (κ3) is 3.97. The van der Waals surface area contributed by atoms with Crippen molar-refractivity contribution in [3.63, 3.8) is 0 Å². The number of hydroxylamine groups is 4. The van der Waals surface area contributed by atoms with Crippen molar-refractivity contribution < 1.29 is 10.4 Å². The Balaban J connectivity index is 2.16. The van der Waals surface area contributed by atoms with Crippen LogP contribution in [-0.2, 0) is 10.4 Å². The van der Waals surface area contributed by atoms with Crippen LogP contribution in [0.5, 0.6) is 0 Å². The first-order valence-electron chi connectivity index (χ1n) is 8.70. The molecule has 0 bridgehead atoms. The van der Waals surface area contributed by atoms with Crippen LogP contribution in [0.4, 0.5) is 0 Å². The van der Waals surface area contributed by atoms with Crippen LogP contribution in [-0.4, -0.2) is 77.6 Å². The van der Waals surface area contributed by atoms with Gasteiger partial charge in [-0.1, -0.05) is 0 Å². The molecule has 0 saturated carbocycles. The summed E-state index contributed by atoms with van der Waals surface area (Å²) in [6.07, 6.45) is 1.48. The molecule has 2 saturated heterocycles. The summed E-state index contributed by atoms with van der Waals surface area (Å²) in [5, 5.41) is 27.1. The van der Waals surface area contributed by atoms with Gasteiger partial charge in [-0.25, -0.2) is 0 Å². The van der Waals surface area contributed by atoms with Crippen molar-refractivity contribution in [1.82, 2.24) is 15.0 Å². The number of amidine groups is 1. The van der Waals surface area contributed by atoms with E-state index in [4.69, 9.17) is 4.99 Å². The van der Waals surface area contributed by atoms with E-state index in [0.717, 1.165) is 17.6 Å². The van der Waals surface area contributed by atoms with Gasteiger partial charge in [0.05, 0.1) is 0 Å². The summed E-state index contributed by atoms with van der Waals surface area (Å²) < 4.78 is 0.860. The summed E-state index contributed by atoms with van der Waals surface area (Å²) in [7, 11) is 0. The first-order chi connectivity index (χ1) is 10.8. The summed E-state index contributed by atoms with van der Waals surface area (Å²) in [6, 6.07) is 0.0452. The van der Waals surface area contributed by atoms with Crippen LogP contribution in [0.1, 0.15) is 61.3 Å². The van der Waals surface area contributed by atoms with E-state index in [0.29, 0.717) is 13.1 Å². The molecule has 24 heavy (non-hydrogen) atoms. The van der Waals surface area contributed by atoms with Crippen LogP contribution >= 0.6 is 0 Å². The number of hydrogen-bond acceptors (Lipinski definition) is 3. The van der Waals surface area contributed by atoms with Gasteiger partial charge in [-0.2, -0.15) is 0 Å². The monoisotopic (exact) mass is 403 g/mol. The Hall–Kier alpha value is -0.171. The van der Waals surface area contributed by atoms with E-state index in [1.807, 2.05) is 48.5 Å². The zero-order valence-corrected chi connectivity index (χ0v) is 17.7. The summed E-state index contributed by atoms with van der Waals surface area (Å²) in [5.74, 6) is 0. The second-order valence-corrected chi connectivity index (χ2v) is 10.0. The maximum absolute atomic E-state index is 12.5. The summed E-state index contributed by atoms with van der Waals surface area (Å²) in [5.41, 5.74) is -1.27. The molecule has 0 amide bonds. The second-order valence-electron chi connectivity index (χ2n) is 9.26. The van der Waals surface area contributed by atoms with Gasteiger partial charge >= 0.3 is 154 Å². The molecule has 6 nitrogen and oxygen atoms in total. The van der Waals surface area contributed by atoms with Crippen molar-refractivity contribution in [3.05, 3.63) is 0 Å². The van der Waals surface area contributed by atoms with Gasteiger partial charge in [0.15, 0.2) is 0 Å². The first-order valence-corrected chi connectivity index (χ1v) is 9.56. The maximum atomic E-state index is 12.5. The Bertz CT molecular complexity index is 489. The fourth-order valence-electron chi connectivity index (χ4n) is 4.28. The van der Waals surface area contributed by atoms with Crippen LogP contribution in [0, 0.1) is 0 Å². The summed E-state index contributed by atoms with van der Waals surface area (Å²) >= 11 is 3.10. The molecule has 2 fully saturated rings. The van der Waals surface area contributed by atoms with E-state index in [-0.39, 0.29) is 12.1 Å². The molecule has 1 atom stereocenters.